The SMILES string of the molecule is COc1ccc2c(c1)OCCCCCCC[C@@H](C)CN(C[C@@H](O)[C@H](Cc1ccccc1)NC(=O)O[C@H]1CO[C@H]3OCC[C@H]31)S2(=O)=O. The Morgan fingerprint density at radius 3 is 2.63 bits per heavy atom. The highest BCUT2D eigenvalue weighted by Crippen LogP contribution is 2.34. The van der Waals surface area contributed by atoms with Gasteiger partial charge in [0, 0.05) is 19.2 Å². The lowest BCUT2D eigenvalue weighted by molar-refractivity contribution is -0.0907. The summed E-state index contributed by atoms with van der Waals surface area (Å²) in [5.41, 5.74) is 0.878. The highest BCUT2D eigenvalue weighted by Gasteiger charge is 2.44. The molecule has 254 valence electrons. The van der Waals surface area contributed by atoms with Gasteiger partial charge in [-0.25, -0.2) is 13.2 Å². The van der Waals surface area contributed by atoms with Crippen molar-refractivity contribution in [1.29, 1.82) is 0 Å². The van der Waals surface area contributed by atoms with Crippen LogP contribution in [0.5, 0.6) is 11.5 Å². The van der Waals surface area contributed by atoms with Crippen molar-refractivity contribution in [3.63, 3.8) is 0 Å². The second kappa shape index (κ2) is 16.3. The van der Waals surface area contributed by atoms with E-state index < -0.39 is 34.4 Å². The average molecular weight is 661 g/mol. The van der Waals surface area contributed by atoms with Crippen molar-refractivity contribution < 1.29 is 42.0 Å². The highest BCUT2D eigenvalue weighted by atomic mass is 32.2. The van der Waals surface area contributed by atoms with Gasteiger partial charge in [0.15, 0.2) is 6.29 Å². The third kappa shape index (κ3) is 8.92. The van der Waals surface area contributed by atoms with E-state index in [-0.39, 0.29) is 54.9 Å². The third-order valence-electron chi connectivity index (χ3n) is 9.08. The van der Waals surface area contributed by atoms with Gasteiger partial charge in [-0.3, -0.25) is 0 Å². The molecule has 0 spiro atoms. The monoisotopic (exact) mass is 660 g/mol. The van der Waals surface area contributed by atoms with Crippen LogP contribution >= 0.6 is 0 Å². The molecule has 5 rings (SSSR count). The fraction of sp³-hybridized carbons (Fsp3) is 0.618. The number of nitrogens with one attached hydrogen (secondary N) is 1. The van der Waals surface area contributed by atoms with E-state index in [0.717, 1.165) is 50.5 Å². The number of hydrogen-bond donors (Lipinski definition) is 2. The number of amides is 1. The van der Waals surface area contributed by atoms with E-state index >= 15 is 0 Å². The summed E-state index contributed by atoms with van der Waals surface area (Å²) in [6.07, 6.45) is 4.08. The number of carbonyl (C=O) groups excluding carboxylic acids is 1. The lowest BCUT2D eigenvalue weighted by Crippen LogP contribution is -2.51. The largest absolute Gasteiger partial charge is 0.497 e. The normalized spacial score (nSPS) is 26.8. The van der Waals surface area contributed by atoms with Gasteiger partial charge in [-0.1, -0.05) is 62.9 Å². The van der Waals surface area contributed by atoms with Gasteiger partial charge in [0.25, 0.3) is 0 Å². The molecule has 6 atom stereocenters. The average Bonchev–Trinajstić information content (AvgIpc) is 3.67. The Morgan fingerprint density at radius 1 is 1.04 bits per heavy atom. The number of sulfonamides is 1. The summed E-state index contributed by atoms with van der Waals surface area (Å²) in [5, 5.41) is 14.6. The molecular weight excluding hydrogens is 612 g/mol. The molecule has 3 aliphatic heterocycles. The van der Waals surface area contributed by atoms with Crippen molar-refractivity contribution in [2.75, 3.05) is 40.0 Å². The molecule has 12 heteroatoms. The van der Waals surface area contributed by atoms with E-state index in [1.807, 2.05) is 37.3 Å². The van der Waals surface area contributed by atoms with E-state index in [1.165, 1.54) is 17.5 Å². The first-order chi connectivity index (χ1) is 22.2. The van der Waals surface area contributed by atoms with E-state index in [9.17, 15) is 18.3 Å². The zero-order valence-corrected chi connectivity index (χ0v) is 27.7. The quantitative estimate of drug-likeness (QED) is 0.420. The Kier molecular flexibility index (Phi) is 12.2. The Hall–Kier alpha value is -2.90. The number of carbonyl (C=O) groups is 1. The van der Waals surface area contributed by atoms with Gasteiger partial charge in [0.1, 0.15) is 22.5 Å². The molecule has 46 heavy (non-hydrogen) atoms. The molecule has 0 aromatic heterocycles. The molecule has 0 saturated carbocycles. The lowest BCUT2D eigenvalue weighted by Gasteiger charge is -2.32. The molecule has 1 amide bonds. The number of hydrogen-bond acceptors (Lipinski definition) is 9. The molecule has 2 aromatic carbocycles. The number of benzene rings is 2. The molecule has 0 bridgehead atoms. The zero-order valence-electron chi connectivity index (χ0n) is 26.8. The molecule has 0 radical (unpaired) electrons. The standard InChI is InChI=1S/C34H48N2O9S/c1-24-11-7-4-3-5-10-17-42-30-20-26(41-2)14-15-32(30)46(39,40)36(21-24)22-29(37)28(19-25-12-8-6-9-13-25)35-34(38)45-31-23-44-33-27(31)16-18-43-33/h6,8-9,12-15,20,24,27-29,31,33,37H,3-5,7,10-11,16-19,21-23H2,1-2H3,(H,35,38)/t24-,27+,28+,29-,31+,33-/m1/s1. The second-order valence-corrected chi connectivity index (χ2v) is 14.5. The van der Waals surface area contributed by atoms with Crippen molar-refractivity contribution in [3.8, 4) is 11.5 Å². The van der Waals surface area contributed by atoms with Crippen molar-refractivity contribution in [2.24, 2.45) is 11.8 Å². The van der Waals surface area contributed by atoms with E-state index in [0.29, 0.717) is 19.0 Å². The summed E-state index contributed by atoms with van der Waals surface area (Å²) < 4.78 is 58.4. The number of aliphatic hydroxyl groups is 1. The van der Waals surface area contributed by atoms with Gasteiger partial charge in [-0.15, -0.1) is 0 Å². The minimum Gasteiger partial charge on any atom is -0.497 e. The fourth-order valence-electron chi connectivity index (χ4n) is 6.45. The number of nitrogens with zero attached hydrogens (tertiary/aromatic N) is 1. The Labute approximate surface area is 272 Å². The maximum absolute atomic E-state index is 14.4. The van der Waals surface area contributed by atoms with Crippen LogP contribution in [0.4, 0.5) is 4.79 Å². The van der Waals surface area contributed by atoms with Crippen LogP contribution in [-0.2, 0) is 30.7 Å². The number of fused-ring (bicyclic) bond motifs is 2. The van der Waals surface area contributed by atoms with Gasteiger partial charge < -0.3 is 34.1 Å². The van der Waals surface area contributed by atoms with Crippen LogP contribution in [0.1, 0.15) is 57.4 Å². The zero-order chi connectivity index (χ0) is 32.5. The second-order valence-electron chi connectivity index (χ2n) is 12.6. The smallest absolute Gasteiger partial charge is 0.407 e. The summed E-state index contributed by atoms with van der Waals surface area (Å²) in [4.78, 5) is 13.2. The summed E-state index contributed by atoms with van der Waals surface area (Å²) in [6.45, 7) is 3.18. The van der Waals surface area contributed by atoms with Crippen molar-refractivity contribution in [3.05, 3.63) is 54.1 Å². The van der Waals surface area contributed by atoms with Gasteiger partial charge >= 0.3 is 6.09 Å². The molecule has 0 unspecified atom stereocenters. The fourth-order valence-corrected chi connectivity index (χ4v) is 8.14. The van der Waals surface area contributed by atoms with Crippen LogP contribution in [0.25, 0.3) is 0 Å². The Balaban J connectivity index is 1.39. The third-order valence-corrected chi connectivity index (χ3v) is 11.0. The van der Waals surface area contributed by atoms with Crippen molar-refractivity contribution in [1.82, 2.24) is 9.62 Å². The van der Waals surface area contributed by atoms with Crippen LogP contribution in [0, 0.1) is 11.8 Å². The Morgan fingerprint density at radius 2 is 1.83 bits per heavy atom. The topological polar surface area (TPSA) is 133 Å². The number of β-amino-alcohol motifs (C(OH)–C–C–N with tert-alkyl or cyclic N) is 1. The van der Waals surface area contributed by atoms with Crippen molar-refractivity contribution in [2.45, 2.75) is 87.7 Å². The summed E-state index contributed by atoms with van der Waals surface area (Å²) in [5.74, 6) is 0.719. The van der Waals surface area contributed by atoms with Gasteiger partial charge in [-0.05, 0) is 49.3 Å². The minimum atomic E-state index is -4.13. The van der Waals surface area contributed by atoms with E-state index in [2.05, 4.69) is 5.32 Å². The minimum absolute atomic E-state index is 0.0197. The van der Waals surface area contributed by atoms with Gasteiger partial charge in [-0.2, -0.15) is 4.31 Å². The molecule has 3 heterocycles. The molecule has 2 N–H and O–H groups in total. The molecule has 11 nitrogen and oxygen atoms in total. The van der Waals surface area contributed by atoms with Gasteiger partial charge in [0.2, 0.25) is 10.0 Å². The molecule has 2 fully saturated rings. The first-order valence-electron chi connectivity index (χ1n) is 16.5. The maximum Gasteiger partial charge on any atom is 0.407 e. The van der Waals surface area contributed by atoms with Crippen molar-refractivity contribution >= 4 is 16.1 Å². The summed E-state index contributed by atoms with van der Waals surface area (Å²) >= 11 is 0. The lowest BCUT2D eigenvalue weighted by atomic mass is 10.00. The van der Waals surface area contributed by atoms with Crippen LogP contribution < -0.4 is 14.8 Å². The molecule has 2 aromatic rings. The number of rotatable bonds is 8. The number of methoxy groups -OCH3 is 1. The number of aliphatic hydroxyl groups excluding tert-OH is 1. The van der Waals surface area contributed by atoms with Crippen LogP contribution in [0.15, 0.2) is 53.4 Å². The molecule has 2 saturated heterocycles. The first-order valence-corrected chi connectivity index (χ1v) is 17.9. The summed E-state index contributed by atoms with van der Waals surface area (Å²) in [6, 6.07) is 13.3. The van der Waals surface area contributed by atoms with Gasteiger partial charge in [0.05, 0.1) is 45.0 Å². The predicted octanol–water partition coefficient (Wildman–Crippen LogP) is 4.51. The van der Waals surface area contributed by atoms with Crippen LogP contribution in [0.2, 0.25) is 0 Å². The van der Waals surface area contributed by atoms with E-state index in [1.54, 1.807) is 12.1 Å². The molecule has 3 aliphatic rings. The summed E-state index contributed by atoms with van der Waals surface area (Å²) in [7, 11) is -2.61. The van der Waals surface area contributed by atoms with Crippen LogP contribution in [-0.4, -0.2) is 88.5 Å². The predicted molar refractivity (Wildman–Crippen MR) is 171 cm³/mol. The molecule has 0 aliphatic carbocycles. The van der Waals surface area contributed by atoms with E-state index in [4.69, 9.17) is 23.7 Å². The first kappa shape index (κ1) is 34.4. The highest BCUT2D eigenvalue weighted by molar-refractivity contribution is 7.89. The number of ether oxygens (including phenoxy) is 5. The molecular formula is C34H48N2O9S. The number of alkyl carbamates (subject to hydrolysis) is 1. The maximum atomic E-state index is 14.4. The van der Waals surface area contributed by atoms with Crippen LogP contribution in [0.3, 0.4) is 0 Å². The Bertz CT molecular complexity index is 1380.